The number of hydrogen-bond acceptors (Lipinski definition) is 4. The maximum Gasteiger partial charge on any atom is 0.271 e. The Kier molecular flexibility index (Phi) is 8.85. The number of aromatic nitrogens is 1. The van der Waals surface area contributed by atoms with Gasteiger partial charge in [0.15, 0.2) is 0 Å². The molecule has 114 valence electrons. The highest BCUT2D eigenvalue weighted by atomic mass is 16.5. The Morgan fingerprint density at radius 1 is 1.43 bits per heavy atom. The molecule has 0 aliphatic carbocycles. The van der Waals surface area contributed by atoms with E-state index in [2.05, 4.69) is 22.1 Å². The number of ether oxygens (including phenoxy) is 1. The lowest BCUT2D eigenvalue weighted by Crippen LogP contribution is -2.26. The Morgan fingerprint density at radius 3 is 3.05 bits per heavy atom. The number of carbonyl (C=O) groups is 1. The van der Waals surface area contributed by atoms with Crippen LogP contribution >= 0.6 is 0 Å². The zero-order chi connectivity index (χ0) is 15.3. The molecule has 1 rings (SSSR count). The summed E-state index contributed by atoms with van der Waals surface area (Å²) in [6.45, 7) is 1.37. The second-order valence-corrected chi connectivity index (χ2v) is 4.48. The minimum atomic E-state index is -0.212. The Labute approximate surface area is 125 Å². The van der Waals surface area contributed by atoms with Crippen LogP contribution in [-0.2, 0) is 4.74 Å². The second kappa shape index (κ2) is 10.8. The number of nitrogens with one attached hydrogen (secondary N) is 1. The predicted molar refractivity (Wildman–Crippen MR) is 80.9 cm³/mol. The van der Waals surface area contributed by atoms with Gasteiger partial charge in [-0.3, -0.25) is 4.79 Å². The van der Waals surface area contributed by atoms with Crippen molar-refractivity contribution in [1.82, 2.24) is 10.3 Å². The van der Waals surface area contributed by atoms with Crippen LogP contribution in [0.2, 0.25) is 0 Å². The summed E-state index contributed by atoms with van der Waals surface area (Å²) < 4.78 is 4.97. The summed E-state index contributed by atoms with van der Waals surface area (Å²) in [4.78, 5) is 16.2. The van der Waals surface area contributed by atoms with Crippen molar-refractivity contribution in [3.63, 3.8) is 0 Å². The first-order chi connectivity index (χ1) is 10.3. The molecule has 1 aromatic heterocycles. The highest BCUT2D eigenvalue weighted by Crippen LogP contribution is 2.04. The largest absolute Gasteiger partial charge is 0.395 e. The topological polar surface area (TPSA) is 71.5 Å². The molecular weight excluding hydrogens is 268 g/mol. The van der Waals surface area contributed by atoms with Gasteiger partial charge in [-0.25, -0.2) is 4.98 Å². The van der Waals surface area contributed by atoms with E-state index < -0.39 is 0 Å². The zero-order valence-corrected chi connectivity index (χ0v) is 12.4. The number of rotatable bonds is 8. The maximum atomic E-state index is 12.1. The summed E-state index contributed by atoms with van der Waals surface area (Å²) in [7, 11) is 1.68. The summed E-state index contributed by atoms with van der Waals surface area (Å²) >= 11 is 0. The van der Waals surface area contributed by atoms with Crippen LogP contribution in [0.5, 0.6) is 0 Å². The number of amides is 1. The van der Waals surface area contributed by atoms with Crippen molar-refractivity contribution in [2.75, 3.05) is 26.9 Å². The maximum absolute atomic E-state index is 12.1. The van der Waals surface area contributed by atoms with Gasteiger partial charge in [0.2, 0.25) is 0 Å². The van der Waals surface area contributed by atoms with Gasteiger partial charge in [-0.2, -0.15) is 0 Å². The minimum absolute atomic E-state index is 0.0102. The van der Waals surface area contributed by atoms with Crippen molar-refractivity contribution in [1.29, 1.82) is 0 Å². The summed E-state index contributed by atoms with van der Waals surface area (Å²) in [5.41, 5.74) is 0.919. The molecule has 1 amide bonds. The zero-order valence-electron chi connectivity index (χ0n) is 12.4. The van der Waals surface area contributed by atoms with Gasteiger partial charge in [-0.1, -0.05) is 11.8 Å². The SMILES string of the molecule is COCCCCCNC(=O)c1ncccc1C#CCCO. The molecule has 2 N–H and O–H groups in total. The van der Waals surface area contributed by atoms with Crippen molar-refractivity contribution < 1.29 is 14.6 Å². The molecule has 0 aromatic carbocycles. The fourth-order valence-corrected chi connectivity index (χ4v) is 1.73. The molecule has 0 radical (unpaired) electrons. The fraction of sp³-hybridized carbons (Fsp3) is 0.500. The molecule has 5 nitrogen and oxygen atoms in total. The second-order valence-electron chi connectivity index (χ2n) is 4.48. The lowest BCUT2D eigenvalue weighted by molar-refractivity contribution is 0.0947. The number of carbonyl (C=O) groups excluding carboxylic acids is 1. The number of unbranched alkanes of at least 4 members (excludes halogenated alkanes) is 2. The highest BCUT2D eigenvalue weighted by molar-refractivity contribution is 5.94. The van der Waals surface area contributed by atoms with Crippen molar-refractivity contribution in [3.05, 3.63) is 29.6 Å². The van der Waals surface area contributed by atoms with E-state index in [1.54, 1.807) is 25.4 Å². The van der Waals surface area contributed by atoms with Crippen molar-refractivity contribution in [3.8, 4) is 11.8 Å². The first-order valence-corrected chi connectivity index (χ1v) is 7.11. The predicted octanol–water partition coefficient (Wildman–Crippen LogP) is 1.36. The fourth-order valence-electron chi connectivity index (χ4n) is 1.73. The van der Waals surface area contributed by atoms with Gasteiger partial charge in [0.05, 0.1) is 12.2 Å². The average Bonchev–Trinajstić information content (AvgIpc) is 2.51. The van der Waals surface area contributed by atoms with Crippen LogP contribution < -0.4 is 5.32 Å². The average molecular weight is 290 g/mol. The first-order valence-electron chi connectivity index (χ1n) is 7.11. The molecule has 0 spiro atoms. The van der Waals surface area contributed by atoms with Crippen molar-refractivity contribution >= 4 is 5.91 Å². The third kappa shape index (κ3) is 6.89. The summed E-state index contributed by atoms with van der Waals surface area (Å²) in [6, 6.07) is 3.50. The van der Waals surface area contributed by atoms with E-state index in [4.69, 9.17) is 9.84 Å². The van der Waals surface area contributed by atoms with E-state index in [0.29, 0.717) is 24.2 Å². The van der Waals surface area contributed by atoms with E-state index in [1.165, 1.54) is 0 Å². The molecule has 0 bridgehead atoms. The van der Waals surface area contributed by atoms with E-state index in [-0.39, 0.29) is 12.5 Å². The molecule has 1 aromatic rings. The number of nitrogens with zero attached hydrogens (tertiary/aromatic N) is 1. The number of aliphatic hydroxyl groups is 1. The normalized spacial score (nSPS) is 9.81. The standard InChI is InChI=1S/C16H22N2O3/c1-21-13-6-2-4-10-18-16(20)15-14(8-3-5-12-19)9-7-11-17-15/h7,9,11,19H,2,4-6,10,12-13H2,1H3,(H,18,20). The Bertz CT molecular complexity index is 492. The molecule has 0 saturated heterocycles. The van der Waals surface area contributed by atoms with Gasteiger partial charge in [0.25, 0.3) is 5.91 Å². The third-order valence-electron chi connectivity index (χ3n) is 2.79. The van der Waals surface area contributed by atoms with Crippen LogP contribution in [0.25, 0.3) is 0 Å². The number of hydrogen-bond donors (Lipinski definition) is 2. The van der Waals surface area contributed by atoms with Crippen LogP contribution in [0.15, 0.2) is 18.3 Å². The summed E-state index contributed by atoms with van der Waals surface area (Å²) in [5, 5.41) is 11.6. The van der Waals surface area contributed by atoms with Gasteiger partial charge >= 0.3 is 0 Å². The quantitative estimate of drug-likeness (QED) is 0.560. The minimum Gasteiger partial charge on any atom is -0.395 e. The summed E-state index contributed by atoms with van der Waals surface area (Å²) in [6.07, 6.45) is 4.88. The molecule has 0 unspecified atom stereocenters. The molecule has 1 heterocycles. The summed E-state index contributed by atoms with van der Waals surface area (Å²) in [5.74, 6) is 5.45. The molecule has 0 atom stereocenters. The van der Waals surface area contributed by atoms with Crippen molar-refractivity contribution in [2.45, 2.75) is 25.7 Å². The smallest absolute Gasteiger partial charge is 0.271 e. The van der Waals surface area contributed by atoms with Crippen molar-refractivity contribution in [2.24, 2.45) is 0 Å². The number of aliphatic hydroxyl groups excluding tert-OH is 1. The Balaban J connectivity index is 2.48. The van der Waals surface area contributed by atoms with Crippen LogP contribution in [0.4, 0.5) is 0 Å². The van der Waals surface area contributed by atoms with Crippen LogP contribution in [-0.4, -0.2) is 42.9 Å². The van der Waals surface area contributed by atoms with Gasteiger partial charge in [0, 0.05) is 32.9 Å². The third-order valence-corrected chi connectivity index (χ3v) is 2.79. The Morgan fingerprint density at radius 2 is 2.29 bits per heavy atom. The molecule has 21 heavy (non-hydrogen) atoms. The van der Waals surface area contributed by atoms with Gasteiger partial charge in [-0.15, -0.1) is 0 Å². The lowest BCUT2D eigenvalue weighted by atomic mass is 10.1. The van der Waals surface area contributed by atoms with Crippen LogP contribution in [0, 0.1) is 11.8 Å². The highest BCUT2D eigenvalue weighted by Gasteiger charge is 2.10. The van der Waals surface area contributed by atoms with Crippen LogP contribution in [0.3, 0.4) is 0 Å². The number of methoxy groups -OCH3 is 1. The Hall–Kier alpha value is -1.90. The van der Waals surface area contributed by atoms with Gasteiger partial charge in [0.1, 0.15) is 5.69 Å². The van der Waals surface area contributed by atoms with E-state index in [9.17, 15) is 4.79 Å². The monoisotopic (exact) mass is 290 g/mol. The molecule has 0 aliphatic heterocycles. The molecule has 0 aliphatic rings. The molecule has 5 heteroatoms. The molecule has 0 saturated carbocycles. The van der Waals surface area contributed by atoms with Gasteiger partial charge in [-0.05, 0) is 31.4 Å². The molecular formula is C16H22N2O3. The lowest BCUT2D eigenvalue weighted by Gasteiger charge is -2.06. The van der Waals surface area contributed by atoms with E-state index in [1.807, 2.05) is 0 Å². The van der Waals surface area contributed by atoms with E-state index >= 15 is 0 Å². The van der Waals surface area contributed by atoms with Crippen LogP contribution in [0.1, 0.15) is 41.7 Å². The van der Waals surface area contributed by atoms with E-state index in [0.717, 1.165) is 25.9 Å². The first kappa shape index (κ1) is 17.2. The van der Waals surface area contributed by atoms with Gasteiger partial charge < -0.3 is 15.2 Å². The molecule has 0 fully saturated rings. The number of pyridine rings is 1.